The first-order chi connectivity index (χ1) is 11.2. The van der Waals surface area contributed by atoms with Crippen molar-refractivity contribution in [3.05, 3.63) is 65.9 Å². The summed E-state index contributed by atoms with van der Waals surface area (Å²) in [6.07, 6.45) is 1.63. The number of H-pyrrole nitrogens is 1. The number of nitrogens with one attached hydrogen (secondary N) is 1. The summed E-state index contributed by atoms with van der Waals surface area (Å²) in [7, 11) is 1.48. The molecule has 0 spiro atoms. The molecule has 1 heterocycles. The third-order valence-electron chi connectivity index (χ3n) is 3.55. The van der Waals surface area contributed by atoms with Gasteiger partial charge in [-0.1, -0.05) is 30.3 Å². The molecule has 1 N–H and O–H groups in total. The van der Waals surface area contributed by atoms with Gasteiger partial charge in [-0.2, -0.15) is 0 Å². The molecule has 0 aliphatic rings. The predicted molar refractivity (Wildman–Crippen MR) is 85.9 cm³/mol. The summed E-state index contributed by atoms with van der Waals surface area (Å²) in [5.41, 5.74) is 1.67. The molecule has 23 heavy (non-hydrogen) atoms. The highest BCUT2D eigenvalue weighted by Gasteiger charge is 2.17. The molecule has 5 nitrogen and oxygen atoms in total. The number of hydrogen-bond donors (Lipinski definition) is 1. The second kappa shape index (κ2) is 6.36. The normalized spacial score (nSPS) is 10.5. The summed E-state index contributed by atoms with van der Waals surface area (Å²) < 4.78 is 10.2. The number of para-hydroxylation sites is 2. The summed E-state index contributed by atoms with van der Waals surface area (Å²) in [5.74, 6) is -0.432. The number of aromatic amines is 1. The first kappa shape index (κ1) is 14.8. The van der Waals surface area contributed by atoms with Crippen molar-refractivity contribution < 1.29 is 19.1 Å². The van der Waals surface area contributed by atoms with E-state index in [4.69, 9.17) is 9.47 Å². The lowest BCUT2D eigenvalue weighted by molar-refractivity contribution is 0.0472. The molecule has 0 unspecified atom stereocenters. The van der Waals surface area contributed by atoms with Crippen LogP contribution in [-0.2, 0) is 4.74 Å². The molecule has 5 heteroatoms. The number of ether oxygens (including phenoxy) is 2. The molecule has 0 saturated heterocycles. The van der Waals surface area contributed by atoms with E-state index in [-0.39, 0.29) is 12.4 Å². The number of ketones is 1. The van der Waals surface area contributed by atoms with Gasteiger partial charge in [0.15, 0.2) is 6.61 Å². The lowest BCUT2D eigenvalue weighted by atomic mass is 10.1. The molecule has 0 atom stereocenters. The fourth-order valence-electron chi connectivity index (χ4n) is 2.40. The number of Topliss-reactive ketones (excluding diaryl/α,β-unsaturated/α-hetero) is 1. The van der Waals surface area contributed by atoms with E-state index in [9.17, 15) is 9.59 Å². The van der Waals surface area contributed by atoms with Crippen molar-refractivity contribution in [1.82, 2.24) is 4.98 Å². The van der Waals surface area contributed by atoms with Gasteiger partial charge < -0.3 is 14.5 Å². The Morgan fingerprint density at radius 3 is 2.57 bits per heavy atom. The number of aromatic nitrogens is 1. The van der Waals surface area contributed by atoms with E-state index >= 15 is 0 Å². The zero-order valence-corrected chi connectivity index (χ0v) is 12.5. The number of carbonyl (C=O) groups excluding carboxylic acids is 2. The van der Waals surface area contributed by atoms with Crippen molar-refractivity contribution in [2.45, 2.75) is 0 Å². The van der Waals surface area contributed by atoms with E-state index < -0.39 is 5.97 Å². The zero-order chi connectivity index (χ0) is 16.2. The summed E-state index contributed by atoms with van der Waals surface area (Å²) in [6, 6.07) is 14.2. The first-order valence-corrected chi connectivity index (χ1v) is 7.10. The topological polar surface area (TPSA) is 68.4 Å². The third-order valence-corrected chi connectivity index (χ3v) is 3.55. The molecule has 0 radical (unpaired) electrons. The minimum Gasteiger partial charge on any atom is -0.496 e. The van der Waals surface area contributed by atoms with Gasteiger partial charge in [-0.25, -0.2) is 4.79 Å². The monoisotopic (exact) mass is 309 g/mol. The van der Waals surface area contributed by atoms with Crippen LogP contribution in [-0.4, -0.2) is 30.5 Å². The lowest BCUT2D eigenvalue weighted by Crippen LogP contribution is -2.14. The van der Waals surface area contributed by atoms with Crippen LogP contribution in [0.15, 0.2) is 54.7 Å². The van der Waals surface area contributed by atoms with Gasteiger partial charge in [0.1, 0.15) is 11.3 Å². The lowest BCUT2D eigenvalue weighted by Gasteiger charge is -2.07. The second-order valence-electron chi connectivity index (χ2n) is 4.95. The highest BCUT2D eigenvalue weighted by molar-refractivity contribution is 6.09. The van der Waals surface area contributed by atoms with E-state index in [1.807, 2.05) is 24.3 Å². The van der Waals surface area contributed by atoms with E-state index in [1.165, 1.54) is 7.11 Å². The van der Waals surface area contributed by atoms with Crippen molar-refractivity contribution >= 4 is 22.7 Å². The van der Waals surface area contributed by atoms with Crippen molar-refractivity contribution in [3.8, 4) is 5.75 Å². The summed E-state index contributed by atoms with van der Waals surface area (Å²) in [5, 5.41) is 0.811. The van der Waals surface area contributed by atoms with Crippen LogP contribution in [0.25, 0.3) is 10.9 Å². The number of benzene rings is 2. The summed E-state index contributed by atoms with van der Waals surface area (Å²) in [6.45, 7) is -0.321. The highest BCUT2D eigenvalue weighted by atomic mass is 16.5. The zero-order valence-electron chi connectivity index (χ0n) is 12.5. The van der Waals surface area contributed by atoms with Crippen LogP contribution in [0.3, 0.4) is 0 Å². The Balaban J connectivity index is 1.73. The van der Waals surface area contributed by atoms with E-state index in [0.717, 1.165) is 10.9 Å². The van der Waals surface area contributed by atoms with Crippen LogP contribution < -0.4 is 4.74 Å². The number of fused-ring (bicyclic) bond motifs is 1. The Bertz CT molecular complexity index is 866. The Morgan fingerprint density at radius 1 is 1.00 bits per heavy atom. The largest absolute Gasteiger partial charge is 0.496 e. The van der Waals surface area contributed by atoms with Crippen molar-refractivity contribution in [2.75, 3.05) is 13.7 Å². The van der Waals surface area contributed by atoms with Gasteiger partial charge >= 0.3 is 5.97 Å². The summed E-state index contributed by atoms with van der Waals surface area (Å²) in [4.78, 5) is 27.4. The van der Waals surface area contributed by atoms with E-state index in [1.54, 1.807) is 30.5 Å². The average Bonchev–Trinajstić information content (AvgIpc) is 3.03. The van der Waals surface area contributed by atoms with Crippen molar-refractivity contribution in [2.24, 2.45) is 0 Å². The van der Waals surface area contributed by atoms with Crippen LogP contribution in [0.1, 0.15) is 20.7 Å². The molecule has 3 aromatic rings. The molecule has 3 rings (SSSR count). The molecule has 1 aromatic heterocycles. The van der Waals surface area contributed by atoms with Crippen LogP contribution in [0, 0.1) is 0 Å². The van der Waals surface area contributed by atoms with Crippen LogP contribution >= 0.6 is 0 Å². The first-order valence-electron chi connectivity index (χ1n) is 7.10. The Kier molecular flexibility index (Phi) is 4.10. The maximum atomic E-state index is 12.3. The maximum Gasteiger partial charge on any atom is 0.342 e. The van der Waals surface area contributed by atoms with Gasteiger partial charge in [0.05, 0.1) is 7.11 Å². The van der Waals surface area contributed by atoms with Crippen LogP contribution in [0.2, 0.25) is 0 Å². The number of rotatable bonds is 5. The van der Waals surface area contributed by atoms with E-state index in [0.29, 0.717) is 16.9 Å². The van der Waals surface area contributed by atoms with E-state index in [2.05, 4.69) is 4.98 Å². The predicted octanol–water partition coefficient (Wildman–Crippen LogP) is 3.22. The third kappa shape index (κ3) is 2.94. The average molecular weight is 309 g/mol. The van der Waals surface area contributed by atoms with Gasteiger partial charge in [-0.15, -0.1) is 0 Å². The molecule has 0 bridgehead atoms. The van der Waals surface area contributed by atoms with Crippen LogP contribution in [0.5, 0.6) is 5.75 Å². The summed E-state index contributed by atoms with van der Waals surface area (Å²) >= 11 is 0. The molecule has 0 fully saturated rings. The second-order valence-corrected chi connectivity index (χ2v) is 4.95. The standard InChI is InChI=1S/C18H15NO4/c1-22-17-9-5-3-7-13(17)18(21)23-11-16(20)14-10-19-15-8-4-2-6-12(14)15/h2-10,19H,11H2,1H3. The van der Waals surface area contributed by atoms with Gasteiger partial charge in [-0.3, -0.25) is 4.79 Å². The van der Waals surface area contributed by atoms with Gasteiger partial charge in [0, 0.05) is 22.7 Å². The Hall–Kier alpha value is -3.08. The molecule has 0 aliphatic carbocycles. The number of methoxy groups -OCH3 is 1. The minimum atomic E-state index is -0.587. The fourth-order valence-corrected chi connectivity index (χ4v) is 2.40. The molecule has 2 aromatic carbocycles. The Labute approximate surface area is 132 Å². The number of esters is 1. The molecule has 116 valence electrons. The van der Waals surface area contributed by atoms with Crippen LogP contribution in [0.4, 0.5) is 0 Å². The number of carbonyl (C=O) groups is 2. The maximum absolute atomic E-state index is 12.3. The molecular weight excluding hydrogens is 294 g/mol. The molecule has 0 aliphatic heterocycles. The van der Waals surface area contributed by atoms with Gasteiger partial charge in [0.2, 0.25) is 5.78 Å². The fraction of sp³-hybridized carbons (Fsp3) is 0.111. The van der Waals surface area contributed by atoms with Crippen molar-refractivity contribution in [3.63, 3.8) is 0 Å². The van der Waals surface area contributed by atoms with Crippen molar-refractivity contribution in [1.29, 1.82) is 0 Å². The smallest absolute Gasteiger partial charge is 0.342 e. The molecule has 0 saturated carbocycles. The minimum absolute atomic E-state index is 0.259. The van der Waals surface area contributed by atoms with Gasteiger partial charge in [0.25, 0.3) is 0 Å². The number of hydrogen-bond acceptors (Lipinski definition) is 4. The molecular formula is C18H15NO4. The molecule has 0 amide bonds. The Morgan fingerprint density at radius 2 is 1.74 bits per heavy atom. The quantitative estimate of drug-likeness (QED) is 0.580. The SMILES string of the molecule is COc1ccccc1C(=O)OCC(=O)c1c[nH]c2ccccc12. The highest BCUT2D eigenvalue weighted by Crippen LogP contribution is 2.20. The van der Waals surface area contributed by atoms with Gasteiger partial charge in [-0.05, 0) is 18.2 Å².